The molecule has 1 fully saturated rings. The van der Waals surface area contributed by atoms with E-state index in [1.54, 1.807) is 17.0 Å². The lowest BCUT2D eigenvalue weighted by Crippen LogP contribution is -2.39. The molecule has 3 rings (SSSR count). The summed E-state index contributed by atoms with van der Waals surface area (Å²) in [7, 11) is -4.07. The standard InChI is InChI=1S/C19H22N2O6S/c1-12-4-3-7-21(10-12)19(25)14-6-2-5-13(20-14)11-28(26,27)18-9-16(23)15(22)8-17(18)24/h2,5-6,8-9,12,22-24H,3-4,7,10-11H2,1H3. The second-order valence-corrected chi connectivity index (χ2v) is 9.04. The van der Waals surface area contributed by atoms with E-state index >= 15 is 0 Å². The molecule has 0 radical (unpaired) electrons. The first-order valence-electron chi connectivity index (χ1n) is 8.90. The van der Waals surface area contributed by atoms with Gasteiger partial charge in [0.1, 0.15) is 16.3 Å². The van der Waals surface area contributed by atoms with Gasteiger partial charge in [0, 0.05) is 25.2 Å². The van der Waals surface area contributed by atoms with Crippen LogP contribution >= 0.6 is 0 Å². The van der Waals surface area contributed by atoms with E-state index in [-0.39, 0.29) is 17.3 Å². The number of phenols is 3. The van der Waals surface area contributed by atoms with Gasteiger partial charge in [0.25, 0.3) is 5.91 Å². The van der Waals surface area contributed by atoms with Crippen LogP contribution in [0, 0.1) is 5.92 Å². The minimum atomic E-state index is -4.07. The lowest BCUT2D eigenvalue weighted by atomic mass is 10.00. The van der Waals surface area contributed by atoms with Crippen molar-refractivity contribution in [3.05, 3.63) is 41.7 Å². The van der Waals surface area contributed by atoms with E-state index in [0.29, 0.717) is 19.0 Å². The fourth-order valence-corrected chi connectivity index (χ4v) is 4.66. The number of pyridine rings is 1. The van der Waals surface area contributed by atoms with E-state index in [9.17, 15) is 28.5 Å². The normalized spacial score (nSPS) is 17.5. The molecule has 1 amide bonds. The van der Waals surface area contributed by atoms with Crippen molar-refractivity contribution in [2.24, 2.45) is 5.92 Å². The molecule has 9 heteroatoms. The summed E-state index contributed by atoms with van der Waals surface area (Å²) in [5.41, 5.74) is 0.308. The summed E-state index contributed by atoms with van der Waals surface area (Å²) in [6, 6.07) is 6.12. The molecule has 1 unspecified atom stereocenters. The second-order valence-electron chi connectivity index (χ2n) is 7.08. The molecule has 3 N–H and O–H groups in total. The van der Waals surface area contributed by atoms with Crippen LogP contribution in [0.4, 0.5) is 0 Å². The molecule has 2 aromatic rings. The van der Waals surface area contributed by atoms with Gasteiger partial charge in [0.05, 0.1) is 11.4 Å². The number of sulfone groups is 1. The van der Waals surface area contributed by atoms with E-state index in [2.05, 4.69) is 11.9 Å². The van der Waals surface area contributed by atoms with Crippen LogP contribution in [-0.4, -0.2) is 52.6 Å². The summed E-state index contributed by atoms with van der Waals surface area (Å²) in [5, 5.41) is 28.7. The van der Waals surface area contributed by atoms with Crippen LogP contribution in [0.3, 0.4) is 0 Å². The van der Waals surface area contributed by atoms with Crippen LogP contribution in [0.25, 0.3) is 0 Å². The van der Waals surface area contributed by atoms with Crippen molar-refractivity contribution < 1.29 is 28.5 Å². The zero-order valence-electron chi connectivity index (χ0n) is 15.4. The largest absolute Gasteiger partial charge is 0.506 e. The molecule has 1 aliphatic rings. The fourth-order valence-electron chi connectivity index (χ4n) is 3.28. The Balaban J connectivity index is 1.84. The van der Waals surface area contributed by atoms with Crippen LogP contribution < -0.4 is 0 Å². The molecule has 0 aliphatic carbocycles. The number of nitrogens with zero attached hydrogens (tertiary/aromatic N) is 2. The summed E-state index contributed by atoms with van der Waals surface area (Å²) < 4.78 is 25.2. The number of hydrogen-bond donors (Lipinski definition) is 3. The monoisotopic (exact) mass is 406 g/mol. The first-order valence-corrected chi connectivity index (χ1v) is 10.6. The predicted octanol–water partition coefficient (Wildman–Crippen LogP) is 2.04. The van der Waals surface area contributed by atoms with Gasteiger partial charge in [-0.2, -0.15) is 0 Å². The maximum Gasteiger partial charge on any atom is 0.272 e. The molecule has 0 saturated carbocycles. The summed E-state index contributed by atoms with van der Waals surface area (Å²) in [6.45, 7) is 3.37. The molecule has 1 saturated heterocycles. The van der Waals surface area contributed by atoms with Gasteiger partial charge in [-0.15, -0.1) is 0 Å². The van der Waals surface area contributed by atoms with Crippen LogP contribution in [0.2, 0.25) is 0 Å². The SMILES string of the molecule is CC1CCCN(C(=O)c2cccc(CS(=O)(=O)c3cc(O)c(O)cc3O)n2)C1. The van der Waals surface area contributed by atoms with Crippen molar-refractivity contribution in [1.29, 1.82) is 0 Å². The molecule has 2 heterocycles. The number of piperidine rings is 1. The molecular formula is C19H22N2O6S. The van der Waals surface area contributed by atoms with Gasteiger partial charge in [0.15, 0.2) is 21.3 Å². The van der Waals surface area contributed by atoms with E-state index in [0.717, 1.165) is 25.0 Å². The van der Waals surface area contributed by atoms with Crippen molar-refractivity contribution in [3.63, 3.8) is 0 Å². The molecule has 1 aliphatic heterocycles. The molecule has 0 spiro atoms. The Morgan fingerprint density at radius 1 is 1.18 bits per heavy atom. The molecule has 150 valence electrons. The fraction of sp³-hybridized carbons (Fsp3) is 0.368. The van der Waals surface area contributed by atoms with Crippen LogP contribution in [0.5, 0.6) is 17.2 Å². The van der Waals surface area contributed by atoms with E-state index in [1.807, 2.05) is 0 Å². The zero-order valence-corrected chi connectivity index (χ0v) is 16.2. The number of phenolic OH excluding ortho intramolecular Hbond substituents is 3. The third-order valence-corrected chi connectivity index (χ3v) is 6.37. The zero-order chi connectivity index (χ0) is 20.5. The molecule has 0 bridgehead atoms. The number of rotatable bonds is 4. The third kappa shape index (κ3) is 4.19. The highest BCUT2D eigenvalue weighted by molar-refractivity contribution is 7.90. The number of carbonyl (C=O) groups is 1. The topological polar surface area (TPSA) is 128 Å². The van der Waals surface area contributed by atoms with Crippen molar-refractivity contribution in [1.82, 2.24) is 9.88 Å². The number of benzene rings is 1. The van der Waals surface area contributed by atoms with Crippen molar-refractivity contribution in [3.8, 4) is 17.2 Å². The second kappa shape index (κ2) is 7.67. The van der Waals surface area contributed by atoms with Gasteiger partial charge in [0.2, 0.25) is 0 Å². The third-order valence-electron chi connectivity index (χ3n) is 4.70. The maximum absolute atomic E-state index is 12.7. The Bertz CT molecular complexity index is 1010. The van der Waals surface area contributed by atoms with Gasteiger partial charge in [-0.05, 0) is 30.9 Å². The molecule has 8 nitrogen and oxygen atoms in total. The van der Waals surface area contributed by atoms with Gasteiger partial charge in [-0.3, -0.25) is 4.79 Å². The first kappa shape index (κ1) is 19.9. The van der Waals surface area contributed by atoms with E-state index in [4.69, 9.17) is 0 Å². The Hall–Kier alpha value is -2.81. The Kier molecular flexibility index (Phi) is 5.46. The Morgan fingerprint density at radius 3 is 2.61 bits per heavy atom. The predicted molar refractivity (Wildman–Crippen MR) is 101 cm³/mol. The van der Waals surface area contributed by atoms with Gasteiger partial charge in [-0.25, -0.2) is 13.4 Å². The quantitative estimate of drug-likeness (QED) is 0.523. The van der Waals surface area contributed by atoms with Crippen molar-refractivity contribution in [2.45, 2.75) is 30.4 Å². The highest BCUT2D eigenvalue weighted by atomic mass is 32.2. The Morgan fingerprint density at radius 2 is 1.89 bits per heavy atom. The highest BCUT2D eigenvalue weighted by Crippen LogP contribution is 2.36. The van der Waals surface area contributed by atoms with Crippen molar-refractivity contribution in [2.75, 3.05) is 13.1 Å². The summed E-state index contributed by atoms with van der Waals surface area (Å²) >= 11 is 0. The number of hydrogen-bond acceptors (Lipinski definition) is 7. The summed E-state index contributed by atoms with van der Waals surface area (Å²) in [6.07, 6.45) is 1.99. The highest BCUT2D eigenvalue weighted by Gasteiger charge is 2.25. The van der Waals surface area contributed by atoms with Crippen LogP contribution in [0.15, 0.2) is 35.2 Å². The van der Waals surface area contributed by atoms with Crippen molar-refractivity contribution >= 4 is 15.7 Å². The summed E-state index contributed by atoms with van der Waals surface area (Å²) in [5.74, 6) is -2.36. The number of carbonyl (C=O) groups excluding carboxylic acids is 1. The first-order chi connectivity index (χ1) is 13.2. The molecule has 1 atom stereocenters. The minimum Gasteiger partial charge on any atom is -0.506 e. The lowest BCUT2D eigenvalue weighted by Gasteiger charge is -2.30. The summed E-state index contributed by atoms with van der Waals surface area (Å²) in [4.78, 5) is 18.1. The van der Waals surface area contributed by atoms with Crippen LogP contribution in [0.1, 0.15) is 35.9 Å². The number of aromatic hydroxyl groups is 3. The maximum atomic E-state index is 12.7. The minimum absolute atomic E-state index is 0.142. The van der Waals surface area contributed by atoms with Crippen LogP contribution in [-0.2, 0) is 15.6 Å². The number of amides is 1. The smallest absolute Gasteiger partial charge is 0.272 e. The number of likely N-dealkylation sites (tertiary alicyclic amines) is 1. The molecular weight excluding hydrogens is 384 g/mol. The number of aromatic nitrogens is 1. The van der Waals surface area contributed by atoms with Gasteiger partial charge in [-0.1, -0.05) is 13.0 Å². The van der Waals surface area contributed by atoms with Gasteiger partial charge < -0.3 is 20.2 Å². The van der Waals surface area contributed by atoms with E-state index < -0.39 is 37.7 Å². The Labute approximate surface area is 163 Å². The van der Waals surface area contributed by atoms with E-state index in [1.165, 1.54) is 6.07 Å². The van der Waals surface area contributed by atoms with Gasteiger partial charge >= 0.3 is 0 Å². The average molecular weight is 406 g/mol. The average Bonchev–Trinajstić information content (AvgIpc) is 2.63. The molecule has 1 aromatic carbocycles. The molecule has 1 aromatic heterocycles. The lowest BCUT2D eigenvalue weighted by molar-refractivity contribution is 0.0677. The molecule has 28 heavy (non-hydrogen) atoms.